The van der Waals surface area contributed by atoms with E-state index in [-0.39, 0.29) is 18.2 Å². The normalized spacial score (nSPS) is 19.9. The molecule has 1 aliphatic rings. The van der Waals surface area contributed by atoms with Crippen LogP contribution in [-0.2, 0) is 0 Å². The number of hydrogen-bond donors (Lipinski definition) is 2. The largest absolute Gasteiger partial charge is 0.394 e. The molecule has 1 saturated heterocycles. The van der Waals surface area contributed by atoms with Gasteiger partial charge in [-0.2, -0.15) is 5.26 Å². The summed E-state index contributed by atoms with van der Waals surface area (Å²) < 4.78 is 13.9. The molecule has 5 nitrogen and oxygen atoms in total. The van der Waals surface area contributed by atoms with Crippen LogP contribution in [0.1, 0.15) is 22.6 Å². The Kier molecular flexibility index (Phi) is 6.29. The van der Waals surface area contributed by atoms with Crippen molar-refractivity contribution >= 4 is 23.9 Å². The molecule has 0 spiro atoms. The van der Waals surface area contributed by atoms with Gasteiger partial charge in [-0.3, -0.25) is 0 Å². The van der Waals surface area contributed by atoms with Crippen LogP contribution >= 0.6 is 0 Å². The molecular formula is C26H22FN3O2. The summed E-state index contributed by atoms with van der Waals surface area (Å²) in [5, 5.41) is 22.1. The third-order valence-electron chi connectivity index (χ3n) is 5.67. The zero-order valence-corrected chi connectivity index (χ0v) is 17.2. The number of nitrogens with zero attached hydrogens (tertiary/aromatic N) is 2. The number of anilines is 1. The Hall–Kier alpha value is -3.95. The lowest BCUT2D eigenvalue weighted by atomic mass is 9.76. The number of para-hydroxylation sites is 1. The molecule has 0 saturated carbocycles. The summed E-state index contributed by atoms with van der Waals surface area (Å²) in [6.07, 6.45) is 4.01. The fourth-order valence-corrected chi connectivity index (χ4v) is 4.01. The van der Waals surface area contributed by atoms with Crippen LogP contribution in [0.5, 0.6) is 0 Å². The third-order valence-corrected chi connectivity index (χ3v) is 5.67. The van der Waals surface area contributed by atoms with Crippen LogP contribution in [-0.4, -0.2) is 34.7 Å². The summed E-state index contributed by atoms with van der Waals surface area (Å²) in [7, 11) is 0. The van der Waals surface area contributed by atoms with Crippen LogP contribution < -0.4 is 5.32 Å². The molecule has 1 fully saturated rings. The van der Waals surface area contributed by atoms with Crippen LogP contribution in [0.3, 0.4) is 0 Å². The molecule has 1 aliphatic heterocycles. The van der Waals surface area contributed by atoms with Gasteiger partial charge in [0, 0.05) is 5.92 Å². The number of benzene rings is 3. The van der Waals surface area contributed by atoms with E-state index in [2.05, 4.69) is 11.4 Å². The van der Waals surface area contributed by atoms with E-state index in [9.17, 15) is 19.6 Å². The van der Waals surface area contributed by atoms with Crippen LogP contribution in [0.25, 0.3) is 12.2 Å². The third kappa shape index (κ3) is 4.25. The predicted octanol–water partition coefficient (Wildman–Crippen LogP) is 4.88. The highest BCUT2D eigenvalue weighted by Crippen LogP contribution is 2.41. The van der Waals surface area contributed by atoms with Gasteiger partial charge in [0.25, 0.3) is 0 Å². The minimum absolute atomic E-state index is 0.0314. The van der Waals surface area contributed by atoms with Crippen molar-refractivity contribution in [3.8, 4) is 6.07 Å². The number of amides is 2. The molecule has 160 valence electrons. The molecule has 6 heteroatoms. The average Bonchev–Trinajstić information content (AvgIpc) is 2.80. The summed E-state index contributed by atoms with van der Waals surface area (Å²) in [4.78, 5) is 14.0. The molecule has 2 amide bonds. The smallest absolute Gasteiger partial charge is 0.323 e. The summed E-state index contributed by atoms with van der Waals surface area (Å²) in [6, 6.07) is 23.7. The lowest BCUT2D eigenvalue weighted by Gasteiger charge is -2.51. The molecule has 0 radical (unpaired) electrons. The van der Waals surface area contributed by atoms with Gasteiger partial charge in [0.2, 0.25) is 0 Å². The topological polar surface area (TPSA) is 76.4 Å². The second-order valence-corrected chi connectivity index (χ2v) is 7.58. The molecule has 1 heterocycles. The van der Waals surface area contributed by atoms with Crippen LogP contribution in [0.4, 0.5) is 14.9 Å². The molecule has 3 atom stereocenters. The Morgan fingerprint density at radius 3 is 2.25 bits per heavy atom. The van der Waals surface area contributed by atoms with E-state index in [1.807, 2.05) is 66.7 Å². The molecule has 0 bridgehead atoms. The summed E-state index contributed by atoms with van der Waals surface area (Å²) in [6.45, 7) is -0.302. The van der Waals surface area contributed by atoms with Crippen molar-refractivity contribution in [3.63, 3.8) is 0 Å². The average molecular weight is 427 g/mol. The number of hydrogen-bond acceptors (Lipinski definition) is 3. The molecule has 0 aromatic heterocycles. The highest BCUT2D eigenvalue weighted by Gasteiger charge is 2.51. The van der Waals surface area contributed by atoms with E-state index >= 15 is 0 Å². The number of aliphatic hydroxyl groups excluding tert-OH is 1. The molecular weight excluding hydrogens is 405 g/mol. The molecule has 0 aliphatic carbocycles. The van der Waals surface area contributed by atoms with E-state index in [0.29, 0.717) is 0 Å². The molecule has 3 aromatic carbocycles. The molecule has 32 heavy (non-hydrogen) atoms. The second kappa shape index (κ2) is 9.46. The summed E-state index contributed by atoms with van der Waals surface area (Å²) in [5.41, 5.74) is 2.99. The standard InChI is InChI=1S/C26H22FN3O2/c27-21-8-4-5-9-22(21)29-26(32)30-23(16-28)25(24(30)17-31)20-14-12-19(13-15-20)11-10-18-6-2-1-3-7-18/h1-15,23-25,31H,17H2,(H,29,32)/t23-,24+,25+/m0/s1. The van der Waals surface area contributed by atoms with Crippen molar-refractivity contribution in [2.75, 3.05) is 11.9 Å². The Morgan fingerprint density at radius 2 is 1.62 bits per heavy atom. The summed E-state index contributed by atoms with van der Waals surface area (Å²) in [5.74, 6) is -0.894. The van der Waals surface area contributed by atoms with E-state index in [1.54, 1.807) is 6.07 Å². The zero-order chi connectivity index (χ0) is 22.5. The Bertz CT molecular complexity index is 1160. The Labute approximate surface area is 186 Å². The van der Waals surface area contributed by atoms with Gasteiger partial charge in [0.1, 0.15) is 11.9 Å². The SMILES string of the molecule is N#C[C@H]1[C@@H](c2ccc(C=Cc3ccccc3)cc2)[C@@H](CO)N1C(=O)Nc1ccccc1F. The quantitative estimate of drug-likeness (QED) is 0.570. The summed E-state index contributed by atoms with van der Waals surface area (Å²) >= 11 is 0. The molecule has 0 unspecified atom stereocenters. The first-order valence-electron chi connectivity index (χ1n) is 10.3. The monoisotopic (exact) mass is 427 g/mol. The maximum absolute atomic E-state index is 13.9. The van der Waals surface area contributed by atoms with Gasteiger partial charge in [0.15, 0.2) is 0 Å². The number of aliphatic hydroxyl groups is 1. The lowest BCUT2D eigenvalue weighted by Crippen LogP contribution is -2.66. The van der Waals surface area contributed by atoms with Gasteiger partial charge in [-0.15, -0.1) is 0 Å². The molecule has 2 N–H and O–H groups in total. The van der Waals surface area contributed by atoms with E-state index in [1.165, 1.54) is 23.1 Å². The highest BCUT2D eigenvalue weighted by atomic mass is 19.1. The number of halogens is 1. The van der Waals surface area contributed by atoms with Crippen molar-refractivity contribution in [2.24, 2.45) is 0 Å². The van der Waals surface area contributed by atoms with Gasteiger partial charge in [-0.05, 0) is 28.8 Å². The Balaban J connectivity index is 1.49. The number of urea groups is 1. The minimum Gasteiger partial charge on any atom is -0.394 e. The number of nitrogens with one attached hydrogen (secondary N) is 1. The van der Waals surface area contributed by atoms with E-state index < -0.39 is 23.9 Å². The number of carbonyl (C=O) groups excluding carboxylic acids is 1. The van der Waals surface area contributed by atoms with E-state index in [4.69, 9.17) is 0 Å². The van der Waals surface area contributed by atoms with Crippen molar-refractivity contribution < 1.29 is 14.3 Å². The van der Waals surface area contributed by atoms with Gasteiger partial charge < -0.3 is 15.3 Å². The predicted molar refractivity (Wildman–Crippen MR) is 122 cm³/mol. The maximum Gasteiger partial charge on any atom is 0.323 e. The van der Waals surface area contributed by atoms with Gasteiger partial charge in [0.05, 0.1) is 24.4 Å². The van der Waals surface area contributed by atoms with Crippen LogP contribution in [0.15, 0.2) is 78.9 Å². The minimum atomic E-state index is -0.760. The van der Waals surface area contributed by atoms with E-state index in [0.717, 1.165) is 16.7 Å². The van der Waals surface area contributed by atoms with Gasteiger partial charge >= 0.3 is 6.03 Å². The van der Waals surface area contributed by atoms with Crippen molar-refractivity contribution in [2.45, 2.75) is 18.0 Å². The highest BCUT2D eigenvalue weighted by molar-refractivity contribution is 5.91. The number of nitriles is 1. The first kappa shape index (κ1) is 21.3. The number of likely N-dealkylation sites (tertiary alicyclic amines) is 1. The second-order valence-electron chi connectivity index (χ2n) is 7.58. The van der Waals surface area contributed by atoms with Crippen LogP contribution in [0, 0.1) is 17.1 Å². The molecule has 4 rings (SSSR count). The maximum atomic E-state index is 13.9. The molecule has 3 aromatic rings. The lowest BCUT2D eigenvalue weighted by molar-refractivity contribution is 0.0223. The van der Waals surface area contributed by atoms with Gasteiger partial charge in [-0.1, -0.05) is 78.9 Å². The first-order chi connectivity index (χ1) is 15.6. The number of rotatable bonds is 5. The zero-order valence-electron chi connectivity index (χ0n) is 17.2. The van der Waals surface area contributed by atoms with Gasteiger partial charge in [-0.25, -0.2) is 9.18 Å². The fourth-order valence-electron chi connectivity index (χ4n) is 4.01. The Morgan fingerprint density at radius 1 is 1.00 bits per heavy atom. The number of carbonyl (C=O) groups is 1. The van der Waals surface area contributed by atoms with Crippen molar-refractivity contribution in [1.82, 2.24) is 4.90 Å². The van der Waals surface area contributed by atoms with Crippen LogP contribution in [0.2, 0.25) is 0 Å². The first-order valence-corrected chi connectivity index (χ1v) is 10.3. The van der Waals surface area contributed by atoms with Crippen molar-refractivity contribution in [3.05, 3.63) is 101 Å². The van der Waals surface area contributed by atoms with Crippen molar-refractivity contribution in [1.29, 1.82) is 5.26 Å². The fraction of sp³-hybridized carbons (Fsp3) is 0.154.